The monoisotopic (exact) mass is 395 g/mol. The number of aromatic hydroxyl groups is 1. The minimum absolute atomic E-state index is 0.00353. The molecule has 0 radical (unpaired) electrons. The lowest BCUT2D eigenvalue weighted by molar-refractivity contribution is 0.281. The van der Waals surface area contributed by atoms with E-state index in [9.17, 15) is 10.2 Å². The highest BCUT2D eigenvalue weighted by molar-refractivity contribution is 7.99. The van der Waals surface area contributed by atoms with Crippen LogP contribution in [-0.2, 0) is 6.61 Å². The molecule has 2 N–H and O–H groups in total. The third-order valence-electron chi connectivity index (χ3n) is 4.56. The van der Waals surface area contributed by atoms with Crippen LogP contribution in [0.5, 0.6) is 5.75 Å². The number of aliphatic hydroxyl groups excluding tert-OH is 1. The van der Waals surface area contributed by atoms with Crippen LogP contribution in [0.3, 0.4) is 0 Å². The number of rotatable bonds is 3. The summed E-state index contributed by atoms with van der Waals surface area (Å²) in [5.41, 5.74) is 4.06. The second-order valence-corrected chi connectivity index (χ2v) is 8.03. The van der Waals surface area contributed by atoms with Gasteiger partial charge in [0.25, 0.3) is 0 Å². The van der Waals surface area contributed by atoms with Crippen molar-refractivity contribution in [2.24, 2.45) is 4.99 Å². The highest BCUT2D eigenvalue weighted by Gasteiger charge is 2.24. The Morgan fingerprint density at radius 1 is 1.04 bits per heavy atom. The largest absolute Gasteiger partial charge is 0.506 e. The number of hydrogen-bond acceptors (Lipinski definition) is 4. The molecule has 0 aromatic heterocycles. The van der Waals surface area contributed by atoms with Crippen LogP contribution in [-0.4, -0.2) is 15.9 Å². The van der Waals surface area contributed by atoms with Crippen molar-refractivity contribution in [3.63, 3.8) is 0 Å². The summed E-state index contributed by atoms with van der Waals surface area (Å²) in [4.78, 5) is 5.96. The number of nitrogens with zero attached hydrogens (tertiary/aromatic N) is 1. The van der Waals surface area contributed by atoms with Crippen molar-refractivity contribution in [3.05, 3.63) is 88.4 Å². The highest BCUT2D eigenvalue weighted by Crippen LogP contribution is 2.46. The molecule has 3 nitrogen and oxygen atoms in total. The zero-order valence-corrected chi connectivity index (χ0v) is 16.0. The molecule has 1 heterocycles. The van der Waals surface area contributed by atoms with E-state index in [1.54, 1.807) is 23.9 Å². The number of thioether (sulfide) groups is 1. The molecule has 0 spiro atoms. The highest BCUT2D eigenvalue weighted by atomic mass is 35.5. The first-order valence-electron chi connectivity index (χ1n) is 8.66. The van der Waals surface area contributed by atoms with Crippen molar-refractivity contribution in [1.29, 1.82) is 0 Å². The third-order valence-corrected chi connectivity index (χ3v) is 6.17. The number of fused-ring (bicyclic) bond motifs is 1. The minimum Gasteiger partial charge on any atom is -0.506 e. The van der Waals surface area contributed by atoms with E-state index in [1.807, 2.05) is 36.4 Å². The van der Waals surface area contributed by atoms with Crippen LogP contribution in [0.2, 0.25) is 5.02 Å². The molecule has 1 aliphatic heterocycles. The SMILES string of the molecule is OCc1cc(Cl)c(O)c(C2=Nc3ccccc3SC(c3ccccc3)C2)c1. The first kappa shape index (κ1) is 18.1. The standard InChI is InChI=1S/C22H18ClNO2S/c23-17-11-14(13-25)10-16(22(17)26)19-12-21(15-6-2-1-3-7-15)27-20-9-5-4-8-18(20)24-19/h1-11,21,25-26H,12-13H2. The van der Waals surface area contributed by atoms with Crippen LogP contribution >= 0.6 is 23.4 Å². The normalized spacial score (nSPS) is 16.4. The molecule has 27 heavy (non-hydrogen) atoms. The van der Waals surface area contributed by atoms with E-state index in [1.165, 1.54) is 5.56 Å². The Labute approximate surface area is 167 Å². The predicted octanol–water partition coefficient (Wildman–Crippen LogP) is 5.90. The smallest absolute Gasteiger partial charge is 0.143 e. The Morgan fingerprint density at radius 3 is 2.56 bits per heavy atom. The lowest BCUT2D eigenvalue weighted by atomic mass is 9.99. The number of aliphatic hydroxyl groups is 1. The number of phenols is 1. The van der Waals surface area contributed by atoms with Gasteiger partial charge in [-0.25, -0.2) is 0 Å². The topological polar surface area (TPSA) is 52.8 Å². The van der Waals surface area contributed by atoms with Gasteiger partial charge < -0.3 is 10.2 Å². The lowest BCUT2D eigenvalue weighted by Gasteiger charge is -2.17. The fraction of sp³-hybridized carbons (Fsp3) is 0.136. The molecular weight excluding hydrogens is 378 g/mol. The van der Waals surface area contributed by atoms with Gasteiger partial charge in [0, 0.05) is 22.1 Å². The number of para-hydroxylation sites is 1. The van der Waals surface area contributed by atoms with Crippen LogP contribution in [0.25, 0.3) is 0 Å². The molecule has 3 aromatic rings. The maximum atomic E-state index is 10.6. The van der Waals surface area contributed by atoms with Crippen LogP contribution in [0.1, 0.15) is 28.4 Å². The summed E-state index contributed by atoms with van der Waals surface area (Å²) >= 11 is 7.96. The van der Waals surface area contributed by atoms with E-state index in [4.69, 9.17) is 16.6 Å². The molecule has 0 saturated heterocycles. The number of phenolic OH excluding ortho intramolecular Hbond substituents is 1. The molecule has 5 heteroatoms. The summed E-state index contributed by atoms with van der Waals surface area (Å²) in [6.07, 6.45) is 0.641. The van der Waals surface area contributed by atoms with E-state index in [-0.39, 0.29) is 22.6 Å². The Balaban J connectivity index is 1.86. The number of benzene rings is 3. The molecule has 3 aromatic carbocycles. The molecule has 0 amide bonds. The predicted molar refractivity (Wildman–Crippen MR) is 111 cm³/mol. The summed E-state index contributed by atoms with van der Waals surface area (Å²) in [6.45, 7) is -0.145. The Bertz CT molecular complexity index is 1000. The van der Waals surface area contributed by atoms with Gasteiger partial charge >= 0.3 is 0 Å². The van der Waals surface area contributed by atoms with E-state index < -0.39 is 0 Å². The van der Waals surface area contributed by atoms with Crippen molar-refractivity contribution in [1.82, 2.24) is 0 Å². The van der Waals surface area contributed by atoms with Crippen LogP contribution in [0.4, 0.5) is 5.69 Å². The van der Waals surface area contributed by atoms with Crippen LogP contribution < -0.4 is 0 Å². The Kier molecular flexibility index (Phi) is 5.21. The first-order valence-corrected chi connectivity index (χ1v) is 9.92. The van der Waals surface area contributed by atoms with Gasteiger partial charge in [-0.2, -0.15) is 0 Å². The van der Waals surface area contributed by atoms with E-state index >= 15 is 0 Å². The Morgan fingerprint density at radius 2 is 1.78 bits per heavy atom. The van der Waals surface area contributed by atoms with E-state index in [0.29, 0.717) is 17.5 Å². The van der Waals surface area contributed by atoms with Crippen molar-refractivity contribution in [3.8, 4) is 5.75 Å². The summed E-state index contributed by atoms with van der Waals surface area (Å²) in [5.74, 6) is 0.00353. The molecule has 0 saturated carbocycles. The molecule has 1 atom stereocenters. The molecule has 0 bridgehead atoms. The van der Waals surface area contributed by atoms with Gasteiger partial charge in [0.15, 0.2) is 0 Å². The van der Waals surface area contributed by atoms with Crippen LogP contribution in [0, 0.1) is 0 Å². The average Bonchev–Trinajstić information content (AvgIpc) is 2.90. The fourth-order valence-corrected chi connectivity index (χ4v) is 4.68. The maximum Gasteiger partial charge on any atom is 0.143 e. The zero-order chi connectivity index (χ0) is 18.8. The zero-order valence-electron chi connectivity index (χ0n) is 14.5. The molecule has 0 fully saturated rings. The minimum atomic E-state index is -0.145. The van der Waals surface area contributed by atoms with Gasteiger partial charge in [-0.05, 0) is 35.4 Å². The molecule has 1 aliphatic rings. The van der Waals surface area contributed by atoms with Crippen molar-refractivity contribution >= 4 is 34.8 Å². The average molecular weight is 396 g/mol. The first-order chi connectivity index (χ1) is 13.2. The lowest BCUT2D eigenvalue weighted by Crippen LogP contribution is -2.07. The Hall–Kier alpha value is -2.27. The molecular formula is C22H18ClNO2S. The number of aliphatic imine (C=N–C) groups is 1. The summed E-state index contributed by atoms with van der Waals surface area (Å²) in [5, 5.41) is 20.5. The van der Waals surface area contributed by atoms with Gasteiger partial charge in [-0.15, -0.1) is 11.8 Å². The van der Waals surface area contributed by atoms with E-state index in [2.05, 4.69) is 18.2 Å². The van der Waals surface area contributed by atoms with Gasteiger partial charge in [0.05, 0.1) is 23.0 Å². The summed E-state index contributed by atoms with van der Waals surface area (Å²) in [7, 11) is 0. The second kappa shape index (κ2) is 7.77. The van der Waals surface area contributed by atoms with Gasteiger partial charge in [-0.3, -0.25) is 4.99 Å². The summed E-state index contributed by atoms with van der Waals surface area (Å²) in [6, 6.07) is 21.6. The van der Waals surface area contributed by atoms with Crippen molar-refractivity contribution in [2.75, 3.05) is 0 Å². The summed E-state index contributed by atoms with van der Waals surface area (Å²) < 4.78 is 0. The molecule has 0 aliphatic carbocycles. The quantitative estimate of drug-likeness (QED) is 0.580. The molecule has 4 rings (SSSR count). The number of hydrogen-bond donors (Lipinski definition) is 2. The van der Waals surface area contributed by atoms with E-state index in [0.717, 1.165) is 16.3 Å². The van der Waals surface area contributed by atoms with Crippen molar-refractivity contribution in [2.45, 2.75) is 23.2 Å². The molecule has 1 unspecified atom stereocenters. The van der Waals surface area contributed by atoms with Crippen LogP contribution in [0.15, 0.2) is 76.6 Å². The van der Waals surface area contributed by atoms with Gasteiger partial charge in [-0.1, -0.05) is 54.1 Å². The molecule has 136 valence electrons. The third kappa shape index (κ3) is 3.74. The maximum absolute atomic E-state index is 10.6. The number of halogens is 1. The van der Waals surface area contributed by atoms with Crippen molar-refractivity contribution < 1.29 is 10.2 Å². The fourth-order valence-electron chi connectivity index (χ4n) is 3.20. The van der Waals surface area contributed by atoms with Gasteiger partial charge in [0.1, 0.15) is 5.75 Å². The second-order valence-electron chi connectivity index (χ2n) is 6.38. The van der Waals surface area contributed by atoms with Gasteiger partial charge in [0.2, 0.25) is 0 Å².